The van der Waals surface area contributed by atoms with Gasteiger partial charge in [0.1, 0.15) is 0 Å². The number of nitrogens with one attached hydrogen (secondary N) is 1. The number of aromatic nitrogens is 3. The molecule has 5 nitrogen and oxygen atoms in total. The second kappa shape index (κ2) is 5.68. The molecular formula is C19H18BrN5. The maximum atomic E-state index is 4.92. The lowest BCUT2D eigenvalue weighted by Crippen LogP contribution is -2.33. The van der Waals surface area contributed by atoms with E-state index in [-0.39, 0.29) is 0 Å². The molecule has 3 aromatic rings. The molecule has 1 N–H and O–H groups in total. The van der Waals surface area contributed by atoms with E-state index in [1.54, 1.807) is 0 Å². The van der Waals surface area contributed by atoms with Crippen molar-refractivity contribution in [3.8, 4) is 0 Å². The summed E-state index contributed by atoms with van der Waals surface area (Å²) in [6.45, 7) is 0.914. The van der Waals surface area contributed by atoms with Crippen LogP contribution in [0.15, 0.2) is 59.0 Å². The number of pyridine rings is 1. The van der Waals surface area contributed by atoms with Crippen LogP contribution in [-0.2, 0) is 0 Å². The summed E-state index contributed by atoms with van der Waals surface area (Å²) < 4.78 is 3.14. The van der Waals surface area contributed by atoms with Crippen molar-refractivity contribution in [2.24, 2.45) is 5.92 Å². The molecule has 0 spiro atoms. The highest BCUT2D eigenvalue weighted by Gasteiger charge is 2.38. The van der Waals surface area contributed by atoms with Crippen molar-refractivity contribution < 1.29 is 0 Å². The topological polar surface area (TPSA) is 45.5 Å². The molecule has 1 saturated heterocycles. The predicted molar refractivity (Wildman–Crippen MR) is 104 cm³/mol. The molecule has 0 aromatic carbocycles. The predicted octanol–water partition coefficient (Wildman–Crippen LogP) is 3.51. The lowest BCUT2D eigenvalue weighted by molar-refractivity contribution is 0.481. The Hall–Kier alpha value is -2.18. The highest BCUT2D eigenvalue weighted by Crippen LogP contribution is 2.37. The molecule has 126 valence electrons. The van der Waals surface area contributed by atoms with Crippen LogP contribution >= 0.6 is 15.9 Å². The Morgan fingerprint density at radius 2 is 2.28 bits per heavy atom. The van der Waals surface area contributed by atoms with Crippen LogP contribution in [0.2, 0.25) is 0 Å². The minimum atomic E-state index is 0.428. The number of nitrogens with zero attached hydrogens (tertiary/aromatic N) is 4. The Balaban J connectivity index is 1.74. The smallest absolute Gasteiger partial charge is 0.216 e. The Bertz CT molecular complexity index is 1030. The van der Waals surface area contributed by atoms with Crippen LogP contribution < -0.4 is 10.2 Å². The van der Waals surface area contributed by atoms with Gasteiger partial charge in [-0.25, -0.2) is 4.98 Å². The van der Waals surface area contributed by atoms with Gasteiger partial charge in [-0.3, -0.25) is 4.40 Å². The number of anilines is 1. The summed E-state index contributed by atoms with van der Waals surface area (Å²) >= 11 is 3.52. The van der Waals surface area contributed by atoms with Gasteiger partial charge >= 0.3 is 0 Å². The average molecular weight is 396 g/mol. The molecule has 25 heavy (non-hydrogen) atoms. The Morgan fingerprint density at radius 1 is 1.36 bits per heavy atom. The van der Waals surface area contributed by atoms with Crippen molar-refractivity contribution in [2.45, 2.75) is 12.5 Å². The summed E-state index contributed by atoms with van der Waals surface area (Å²) in [5.74, 6) is 1.43. The minimum Gasteiger partial charge on any atom is -0.315 e. The summed E-state index contributed by atoms with van der Waals surface area (Å²) in [5.41, 5.74) is 3.24. The molecule has 6 heteroatoms. The van der Waals surface area contributed by atoms with E-state index in [1.165, 1.54) is 5.70 Å². The molecule has 1 aliphatic heterocycles. The van der Waals surface area contributed by atoms with Crippen molar-refractivity contribution in [3.05, 3.63) is 59.0 Å². The molecule has 4 heterocycles. The van der Waals surface area contributed by atoms with Crippen LogP contribution in [0.3, 0.4) is 0 Å². The van der Waals surface area contributed by atoms with Gasteiger partial charge in [0, 0.05) is 46.5 Å². The highest BCUT2D eigenvalue weighted by atomic mass is 79.9. The lowest BCUT2D eigenvalue weighted by Gasteiger charge is -2.23. The minimum absolute atomic E-state index is 0.428. The van der Waals surface area contributed by atoms with Crippen molar-refractivity contribution in [1.82, 2.24) is 19.7 Å². The normalized spacial score (nSPS) is 22.6. The van der Waals surface area contributed by atoms with E-state index in [1.807, 2.05) is 13.2 Å². The van der Waals surface area contributed by atoms with E-state index >= 15 is 0 Å². The van der Waals surface area contributed by atoms with Gasteiger partial charge in [0.2, 0.25) is 5.95 Å². The maximum Gasteiger partial charge on any atom is 0.216 e. The maximum absolute atomic E-state index is 4.92. The molecule has 2 atom stereocenters. The SMILES string of the molecule is CNC1CN(c2nc3ncc(Br)cc3c3cccn23)C2=CC=CCC21. The zero-order valence-corrected chi connectivity index (χ0v) is 15.4. The average Bonchev–Trinajstić information content (AvgIpc) is 3.26. The van der Waals surface area contributed by atoms with Gasteiger partial charge in [-0.05, 0) is 53.7 Å². The van der Waals surface area contributed by atoms with Crippen LogP contribution in [0.25, 0.3) is 16.6 Å². The fourth-order valence-electron chi connectivity index (χ4n) is 4.04. The first-order valence-electron chi connectivity index (χ1n) is 8.50. The number of likely N-dealkylation sites (N-methyl/N-ethyl adjacent to an activating group) is 1. The van der Waals surface area contributed by atoms with Crippen LogP contribution in [0.4, 0.5) is 5.95 Å². The van der Waals surface area contributed by atoms with Gasteiger partial charge in [-0.2, -0.15) is 4.98 Å². The third kappa shape index (κ3) is 2.24. The number of allylic oxidation sites excluding steroid dienone is 3. The monoisotopic (exact) mass is 395 g/mol. The summed E-state index contributed by atoms with van der Waals surface area (Å²) in [6.07, 6.45) is 11.6. The number of hydrogen-bond acceptors (Lipinski definition) is 4. The molecule has 5 rings (SSSR count). The highest BCUT2D eigenvalue weighted by molar-refractivity contribution is 9.10. The molecule has 2 aliphatic rings. The quantitative estimate of drug-likeness (QED) is 0.720. The summed E-state index contributed by atoms with van der Waals surface area (Å²) in [4.78, 5) is 11.8. The van der Waals surface area contributed by atoms with Gasteiger partial charge < -0.3 is 10.2 Å². The fourth-order valence-corrected chi connectivity index (χ4v) is 4.37. The zero-order chi connectivity index (χ0) is 17.0. The standard InChI is InChI=1S/C19H18BrN5/c1-21-15-11-25(16-6-3-2-5-13(15)16)19-23-18-14(9-12(20)10-22-18)17-7-4-8-24(17)19/h2-4,6-10,13,15,21H,5,11H2,1H3. The number of rotatable bonds is 2. The van der Waals surface area contributed by atoms with Crippen molar-refractivity contribution in [3.63, 3.8) is 0 Å². The Morgan fingerprint density at radius 3 is 3.16 bits per heavy atom. The van der Waals surface area contributed by atoms with Gasteiger partial charge in [0.05, 0.1) is 5.52 Å². The van der Waals surface area contributed by atoms with Crippen molar-refractivity contribution >= 4 is 38.4 Å². The first-order chi connectivity index (χ1) is 12.3. The van der Waals surface area contributed by atoms with E-state index in [4.69, 9.17) is 4.98 Å². The Labute approximate surface area is 154 Å². The van der Waals surface area contributed by atoms with Gasteiger partial charge in [-0.1, -0.05) is 12.2 Å². The molecule has 1 aliphatic carbocycles. The molecule has 0 bridgehead atoms. The van der Waals surface area contributed by atoms with Crippen LogP contribution in [0, 0.1) is 5.92 Å². The summed E-state index contributed by atoms with van der Waals surface area (Å²) in [7, 11) is 2.04. The summed E-state index contributed by atoms with van der Waals surface area (Å²) in [6, 6.07) is 6.70. The van der Waals surface area contributed by atoms with E-state index in [0.717, 1.165) is 39.9 Å². The van der Waals surface area contributed by atoms with Gasteiger partial charge in [0.15, 0.2) is 5.65 Å². The lowest BCUT2D eigenvalue weighted by atomic mass is 9.93. The molecule has 1 fully saturated rings. The van der Waals surface area contributed by atoms with E-state index in [0.29, 0.717) is 12.0 Å². The van der Waals surface area contributed by atoms with Crippen molar-refractivity contribution in [1.29, 1.82) is 0 Å². The fraction of sp³-hybridized carbons (Fsp3) is 0.263. The number of halogens is 1. The zero-order valence-electron chi connectivity index (χ0n) is 13.9. The molecule has 0 amide bonds. The van der Waals surface area contributed by atoms with E-state index < -0.39 is 0 Å². The van der Waals surface area contributed by atoms with Crippen LogP contribution in [-0.4, -0.2) is 34.0 Å². The third-order valence-electron chi connectivity index (χ3n) is 5.24. The van der Waals surface area contributed by atoms with Crippen LogP contribution in [0.1, 0.15) is 6.42 Å². The van der Waals surface area contributed by atoms with Crippen LogP contribution in [0.5, 0.6) is 0 Å². The third-order valence-corrected chi connectivity index (χ3v) is 5.67. The molecule has 2 unspecified atom stereocenters. The largest absolute Gasteiger partial charge is 0.315 e. The first kappa shape index (κ1) is 15.1. The van der Waals surface area contributed by atoms with E-state index in [9.17, 15) is 0 Å². The van der Waals surface area contributed by atoms with Crippen molar-refractivity contribution in [2.75, 3.05) is 18.5 Å². The second-order valence-corrected chi connectivity index (χ2v) is 7.48. The number of fused-ring (bicyclic) bond motifs is 4. The first-order valence-corrected chi connectivity index (χ1v) is 9.29. The molecular weight excluding hydrogens is 378 g/mol. The molecule has 0 saturated carbocycles. The van der Waals surface area contributed by atoms with Gasteiger partial charge in [-0.15, -0.1) is 0 Å². The Kier molecular flexibility index (Phi) is 3.43. The second-order valence-electron chi connectivity index (χ2n) is 6.57. The van der Waals surface area contributed by atoms with E-state index in [2.05, 4.69) is 78.2 Å². The molecule has 0 radical (unpaired) electrons. The molecule has 3 aromatic heterocycles. The number of hydrogen-bond donors (Lipinski definition) is 1. The van der Waals surface area contributed by atoms with Gasteiger partial charge in [0.25, 0.3) is 0 Å². The summed E-state index contributed by atoms with van der Waals surface area (Å²) in [5, 5.41) is 4.53.